The molecule has 5 heteroatoms. The van der Waals surface area contributed by atoms with E-state index in [9.17, 15) is 5.11 Å². The number of hydrogen-bond acceptors (Lipinski definition) is 4. The van der Waals surface area contributed by atoms with Crippen molar-refractivity contribution in [2.24, 2.45) is 0 Å². The number of aliphatic hydroxyl groups excluding tert-OH is 2. The van der Waals surface area contributed by atoms with E-state index in [4.69, 9.17) is 22.0 Å². The summed E-state index contributed by atoms with van der Waals surface area (Å²) < 4.78 is 0. The fourth-order valence-corrected chi connectivity index (χ4v) is 1.24. The molecule has 0 fully saturated rings. The van der Waals surface area contributed by atoms with E-state index in [2.05, 4.69) is 4.98 Å². The second-order valence-electron chi connectivity index (χ2n) is 2.91. The van der Waals surface area contributed by atoms with Crippen LogP contribution in [0, 0.1) is 18.3 Å². The highest BCUT2D eigenvalue weighted by molar-refractivity contribution is 6.30. The maximum atomic E-state index is 9.50. The molecule has 1 rings (SSSR count). The van der Waals surface area contributed by atoms with Crippen molar-refractivity contribution in [3.8, 4) is 6.07 Å². The van der Waals surface area contributed by atoms with Crippen molar-refractivity contribution in [1.82, 2.24) is 4.98 Å². The fourth-order valence-electron chi connectivity index (χ4n) is 1.02. The van der Waals surface area contributed by atoms with E-state index in [1.54, 1.807) is 13.0 Å². The Morgan fingerprint density at radius 3 is 2.79 bits per heavy atom. The molecule has 0 aliphatic carbocycles. The highest BCUT2D eigenvalue weighted by Gasteiger charge is 2.20. The van der Waals surface area contributed by atoms with E-state index in [-0.39, 0.29) is 10.7 Å². The zero-order chi connectivity index (χ0) is 10.7. The molecular weight excluding hydrogens is 204 g/mol. The first-order chi connectivity index (χ1) is 6.56. The lowest BCUT2D eigenvalue weighted by Gasteiger charge is -2.13. The topological polar surface area (TPSA) is 77.1 Å². The number of hydrogen-bond donors (Lipinski definition) is 2. The van der Waals surface area contributed by atoms with Gasteiger partial charge in [0, 0.05) is 11.8 Å². The normalized spacial score (nSPS) is 14.5. The number of halogens is 1. The van der Waals surface area contributed by atoms with Crippen LogP contribution < -0.4 is 0 Å². The van der Waals surface area contributed by atoms with Gasteiger partial charge in [-0.15, -0.1) is 0 Å². The van der Waals surface area contributed by atoms with Crippen molar-refractivity contribution >= 4 is 11.6 Å². The van der Waals surface area contributed by atoms with Crippen molar-refractivity contribution in [2.75, 3.05) is 0 Å². The van der Waals surface area contributed by atoms with Crippen LogP contribution in [0.4, 0.5) is 0 Å². The van der Waals surface area contributed by atoms with Crippen molar-refractivity contribution < 1.29 is 10.2 Å². The SMILES string of the molecule is Cc1cnc(Cl)c(C(O)C(O)C#N)c1. The zero-order valence-corrected chi connectivity index (χ0v) is 8.23. The molecule has 0 saturated heterocycles. The third-order valence-corrected chi connectivity index (χ3v) is 2.07. The molecule has 74 valence electrons. The largest absolute Gasteiger partial charge is 0.384 e. The van der Waals surface area contributed by atoms with Gasteiger partial charge in [-0.25, -0.2) is 4.98 Å². The van der Waals surface area contributed by atoms with Gasteiger partial charge in [-0.05, 0) is 18.6 Å². The first-order valence-corrected chi connectivity index (χ1v) is 4.32. The van der Waals surface area contributed by atoms with Crippen molar-refractivity contribution in [3.63, 3.8) is 0 Å². The van der Waals surface area contributed by atoms with Gasteiger partial charge in [-0.1, -0.05) is 11.6 Å². The number of pyridine rings is 1. The molecule has 2 N–H and O–H groups in total. The van der Waals surface area contributed by atoms with Gasteiger partial charge in [0.05, 0.1) is 6.07 Å². The summed E-state index contributed by atoms with van der Waals surface area (Å²) in [5.41, 5.74) is 1.06. The Kier molecular flexibility index (Phi) is 3.42. The van der Waals surface area contributed by atoms with E-state index in [0.29, 0.717) is 0 Å². The van der Waals surface area contributed by atoms with Crippen LogP contribution in [0.2, 0.25) is 5.15 Å². The fraction of sp³-hybridized carbons (Fsp3) is 0.333. The summed E-state index contributed by atoms with van der Waals surface area (Å²) in [6.45, 7) is 1.78. The Bertz CT molecular complexity index is 376. The quantitative estimate of drug-likeness (QED) is 0.566. The molecule has 0 aliphatic rings. The minimum Gasteiger partial charge on any atom is -0.384 e. The van der Waals surface area contributed by atoms with Gasteiger partial charge in [-0.3, -0.25) is 0 Å². The molecule has 14 heavy (non-hydrogen) atoms. The van der Waals surface area contributed by atoms with E-state index >= 15 is 0 Å². The van der Waals surface area contributed by atoms with Gasteiger partial charge in [0.2, 0.25) is 0 Å². The van der Waals surface area contributed by atoms with Crippen LogP contribution in [0.3, 0.4) is 0 Å². The molecule has 0 radical (unpaired) electrons. The van der Waals surface area contributed by atoms with Crippen LogP contribution in [0.25, 0.3) is 0 Å². The summed E-state index contributed by atoms with van der Waals surface area (Å²) in [5.74, 6) is 0. The van der Waals surface area contributed by atoms with Gasteiger partial charge in [0.25, 0.3) is 0 Å². The average Bonchev–Trinajstić information content (AvgIpc) is 2.19. The van der Waals surface area contributed by atoms with Crippen molar-refractivity contribution in [2.45, 2.75) is 19.1 Å². The van der Waals surface area contributed by atoms with Crippen LogP contribution >= 0.6 is 11.6 Å². The number of rotatable bonds is 2. The molecule has 1 heterocycles. The summed E-state index contributed by atoms with van der Waals surface area (Å²) in [7, 11) is 0. The second-order valence-corrected chi connectivity index (χ2v) is 3.27. The van der Waals surface area contributed by atoms with Gasteiger partial charge < -0.3 is 10.2 Å². The lowest BCUT2D eigenvalue weighted by Crippen LogP contribution is -2.16. The Morgan fingerprint density at radius 2 is 2.21 bits per heavy atom. The number of aliphatic hydroxyl groups is 2. The Labute approximate surface area is 86.4 Å². The molecule has 2 unspecified atom stereocenters. The third kappa shape index (κ3) is 2.20. The van der Waals surface area contributed by atoms with Gasteiger partial charge in [0.1, 0.15) is 11.3 Å². The lowest BCUT2D eigenvalue weighted by molar-refractivity contribution is 0.0526. The monoisotopic (exact) mass is 212 g/mol. The molecule has 0 spiro atoms. The van der Waals surface area contributed by atoms with Gasteiger partial charge in [0.15, 0.2) is 6.10 Å². The summed E-state index contributed by atoms with van der Waals surface area (Å²) in [4.78, 5) is 3.80. The summed E-state index contributed by atoms with van der Waals surface area (Å²) in [5, 5.41) is 27.1. The highest BCUT2D eigenvalue weighted by Crippen LogP contribution is 2.24. The maximum Gasteiger partial charge on any atom is 0.170 e. The first kappa shape index (κ1) is 10.9. The van der Waals surface area contributed by atoms with Crippen LogP contribution in [-0.4, -0.2) is 21.3 Å². The van der Waals surface area contributed by atoms with Gasteiger partial charge in [-0.2, -0.15) is 5.26 Å². The van der Waals surface area contributed by atoms with Crippen LogP contribution in [-0.2, 0) is 0 Å². The molecule has 0 aromatic carbocycles. The molecule has 0 bridgehead atoms. The summed E-state index contributed by atoms with van der Waals surface area (Å²) in [6.07, 6.45) is -1.27. The summed E-state index contributed by atoms with van der Waals surface area (Å²) >= 11 is 5.70. The Hall–Kier alpha value is -1.15. The molecule has 1 aromatic rings. The number of nitriles is 1. The molecule has 1 aromatic heterocycles. The predicted molar refractivity (Wildman–Crippen MR) is 50.6 cm³/mol. The van der Waals surface area contributed by atoms with Crippen LogP contribution in [0.1, 0.15) is 17.2 Å². The molecule has 0 amide bonds. The molecule has 0 aliphatic heterocycles. The average molecular weight is 213 g/mol. The van der Waals surface area contributed by atoms with Crippen molar-refractivity contribution in [3.05, 3.63) is 28.5 Å². The molecule has 0 saturated carbocycles. The van der Waals surface area contributed by atoms with Gasteiger partial charge >= 0.3 is 0 Å². The molecular formula is C9H9ClN2O2. The minimum atomic E-state index is -1.49. The van der Waals surface area contributed by atoms with E-state index in [0.717, 1.165) is 5.56 Å². The second kappa shape index (κ2) is 4.38. The lowest BCUT2D eigenvalue weighted by atomic mass is 10.1. The number of aromatic nitrogens is 1. The number of aryl methyl sites for hydroxylation is 1. The molecule has 2 atom stereocenters. The predicted octanol–water partition coefficient (Wildman–Crippen LogP) is 0.961. The Balaban J connectivity index is 3.07. The number of nitrogens with zero attached hydrogens (tertiary/aromatic N) is 2. The van der Waals surface area contributed by atoms with Crippen LogP contribution in [0.15, 0.2) is 12.3 Å². The zero-order valence-electron chi connectivity index (χ0n) is 7.48. The van der Waals surface area contributed by atoms with E-state index in [1.165, 1.54) is 12.3 Å². The highest BCUT2D eigenvalue weighted by atomic mass is 35.5. The standard InChI is InChI=1S/C9H9ClN2O2/c1-5-2-6(9(10)12-4-5)8(14)7(13)3-11/h2,4,7-8,13-14H,1H3. The smallest absolute Gasteiger partial charge is 0.170 e. The maximum absolute atomic E-state index is 9.50. The minimum absolute atomic E-state index is 0.0948. The Morgan fingerprint density at radius 1 is 1.57 bits per heavy atom. The third-order valence-electron chi connectivity index (χ3n) is 1.75. The van der Waals surface area contributed by atoms with E-state index < -0.39 is 12.2 Å². The van der Waals surface area contributed by atoms with E-state index in [1.807, 2.05) is 0 Å². The van der Waals surface area contributed by atoms with Crippen molar-refractivity contribution in [1.29, 1.82) is 5.26 Å². The molecule has 4 nitrogen and oxygen atoms in total. The first-order valence-electron chi connectivity index (χ1n) is 3.94. The van der Waals surface area contributed by atoms with Crippen LogP contribution in [0.5, 0.6) is 0 Å². The summed E-state index contributed by atoms with van der Waals surface area (Å²) in [6, 6.07) is 3.11.